The van der Waals surface area contributed by atoms with E-state index in [9.17, 15) is 9.59 Å². The molecule has 0 saturated heterocycles. The van der Waals surface area contributed by atoms with E-state index in [-0.39, 0.29) is 5.91 Å². The van der Waals surface area contributed by atoms with Crippen LogP contribution in [0.25, 0.3) is 11.1 Å². The number of hydrogen-bond acceptors (Lipinski definition) is 5. The van der Waals surface area contributed by atoms with Gasteiger partial charge < -0.3 is 14.8 Å². The van der Waals surface area contributed by atoms with Crippen molar-refractivity contribution in [3.63, 3.8) is 0 Å². The number of esters is 1. The fraction of sp³-hybridized carbons (Fsp3) is 0.250. The van der Waals surface area contributed by atoms with Gasteiger partial charge in [0.05, 0.1) is 13.7 Å². The van der Waals surface area contributed by atoms with Crippen LogP contribution in [-0.2, 0) is 9.53 Å². The lowest BCUT2D eigenvalue weighted by Crippen LogP contribution is -2.15. The maximum absolute atomic E-state index is 12.5. The molecule has 3 rings (SSSR count). The number of benzene rings is 2. The first kappa shape index (κ1) is 21.6. The average molecular weight is 424 g/mol. The van der Waals surface area contributed by atoms with Gasteiger partial charge in [-0.05, 0) is 43.5 Å². The molecule has 0 bridgehead atoms. The molecule has 5 nitrogen and oxygen atoms in total. The summed E-state index contributed by atoms with van der Waals surface area (Å²) in [6.45, 7) is 4.45. The molecular weight excluding hydrogens is 398 g/mol. The maximum atomic E-state index is 12.5. The number of amides is 1. The molecule has 3 aromatic rings. The molecule has 2 aromatic carbocycles. The van der Waals surface area contributed by atoms with E-state index >= 15 is 0 Å². The average Bonchev–Trinajstić information content (AvgIpc) is 3.16. The highest BCUT2D eigenvalue weighted by molar-refractivity contribution is 7.15. The second-order valence-electron chi connectivity index (χ2n) is 6.98. The van der Waals surface area contributed by atoms with Crippen molar-refractivity contribution in [2.75, 3.05) is 19.0 Å². The normalized spacial score (nSPS) is 10.5. The third-order valence-electron chi connectivity index (χ3n) is 4.68. The van der Waals surface area contributed by atoms with Crippen molar-refractivity contribution < 1.29 is 19.1 Å². The number of hydrogen-bond donors (Lipinski definition) is 1. The van der Waals surface area contributed by atoms with Crippen molar-refractivity contribution in [2.24, 2.45) is 0 Å². The Morgan fingerprint density at radius 2 is 1.80 bits per heavy atom. The summed E-state index contributed by atoms with van der Waals surface area (Å²) < 4.78 is 10.6. The highest BCUT2D eigenvalue weighted by Crippen LogP contribution is 2.38. The van der Waals surface area contributed by atoms with Crippen LogP contribution < -0.4 is 10.1 Å². The molecule has 0 spiro atoms. The fourth-order valence-electron chi connectivity index (χ4n) is 3.11. The second kappa shape index (κ2) is 10.1. The number of para-hydroxylation sites is 1. The molecule has 0 aliphatic rings. The van der Waals surface area contributed by atoms with Gasteiger partial charge in [-0.15, -0.1) is 11.3 Å². The van der Waals surface area contributed by atoms with E-state index in [0.717, 1.165) is 28.0 Å². The summed E-state index contributed by atoms with van der Waals surface area (Å²) in [6, 6.07) is 15.6. The molecule has 1 amide bonds. The van der Waals surface area contributed by atoms with Crippen molar-refractivity contribution in [3.05, 3.63) is 70.6 Å². The Kier molecular flexibility index (Phi) is 7.25. The number of methoxy groups -OCH3 is 1. The fourth-order valence-corrected chi connectivity index (χ4v) is 4.07. The van der Waals surface area contributed by atoms with Gasteiger partial charge in [-0.2, -0.15) is 0 Å². The van der Waals surface area contributed by atoms with Crippen LogP contribution in [0, 0.1) is 13.8 Å². The lowest BCUT2D eigenvalue weighted by atomic mass is 9.97. The van der Waals surface area contributed by atoms with E-state index in [4.69, 9.17) is 9.47 Å². The summed E-state index contributed by atoms with van der Waals surface area (Å²) in [7, 11) is 1.35. The molecule has 1 aromatic heterocycles. The molecule has 0 aliphatic heterocycles. The van der Waals surface area contributed by atoms with Crippen LogP contribution in [0.5, 0.6) is 5.75 Å². The quantitative estimate of drug-likeness (QED) is 0.377. The van der Waals surface area contributed by atoms with E-state index in [1.807, 2.05) is 67.8 Å². The SMILES string of the molecule is COC(=O)c1c(-c2cc(C)ccc2C)csc1NC(=O)CCCOc1ccccc1. The molecule has 0 atom stereocenters. The predicted molar refractivity (Wildman–Crippen MR) is 120 cm³/mol. The number of anilines is 1. The van der Waals surface area contributed by atoms with E-state index in [1.54, 1.807) is 0 Å². The van der Waals surface area contributed by atoms with Crippen molar-refractivity contribution in [1.82, 2.24) is 0 Å². The van der Waals surface area contributed by atoms with Crippen LogP contribution in [0.4, 0.5) is 5.00 Å². The molecule has 0 fully saturated rings. The molecule has 1 heterocycles. The second-order valence-corrected chi connectivity index (χ2v) is 7.86. The number of thiophene rings is 1. The van der Waals surface area contributed by atoms with E-state index < -0.39 is 5.97 Å². The van der Waals surface area contributed by atoms with Gasteiger partial charge in [0.1, 0.15) is 16.3 Å². The Morgan fingerprint density at radius 3 is 2.53 bits per heavy atom. The summed E-state index contributed by atoms with van der Waals surface area (Å²) >= 11 is 1.33. The zero-order valence-electron chi connectivity index (χ0n) is 17.4. The number of carbonyl (C=O) groups excluding carboxylic acids is 2. The minimum Gasteiger partial charge on any atom is -0.494 e. The van der Waals surface area contributed by atoms with Gasteiger partial charge in [0.25, 0.3) is 0 Å². The summed E-state index contributed by atoms with van der Waals surface area (Å²) in [5.41, 5.74) is 4.28. The van der Waals surface area contributed by atoms with E-state index in [2.05, 4.69) is 5.32 Å². The predicted octanol–water partition coefficient (Wildman–Crippen LogP) is 5.62. The van der Waals surface area contributed by atoms with Crippen molar-refractivity contribution in [3.8, 4) is 16.9 Å². The topological polar surface area (TPSA) is 64.6 Å². The van der Waals surface area contributed by atoms with Gasteiger partial charge in [-0.3, -0.25) is 4.79 Å². The third-order valence-corrected chi connectivity index (χ3v) is 5.57. The summed E-state index contributed by atoms with van der Waals surface area (Å²) in [6.07, 6.45) is 0.869. The van der Waals surface area contributed by atoms with Crippen LogP contribution in [0.3, 0.4) is 0 Å². The number of carbonyl (C=O) groups is 2. The molecule has 6 heteroatoms. The highest BCUT2D eigenvalue weighted by Gasteiger charge is 2.23. The van der Waals surface area contributed by atoms with Gasteiger partial charge in [-0.25, -0.2) is 4.79 Å². The summed E-state index contributed by atoms with van der Waals surface area (Å²) in [5.74, 6) is 0.156. The van der Waals surface area contributed by atoms with Crippen LogP contribution in [0.2, 0.25) is 0 Å². The zero-order chi connectivity index (χ0) is 21.5. The van der Waals surface area contributed by atoms with Crippen molar-refractivity contribution in [1.29, 1.82) is 0 Å². The van der Waals surface area contributed by atoms with Crippen LogP contribution in [0.1, 0.15) is 34.3 Å². The molecule has 0 aliphatic carbocycles. The highest BCUT2D eigenvalue weighted by atomic mass is 32.1. The first-order valence-electron chi connectivity index (χ1n) is 9.74. The summed E-state index contributed by atoms with van der Waals surface area (Å²) in [4.78, 5) is 24.9. The minimum atomic E-state index is -0.463. The summed E-state index contributed by atoms with van der Waals surface area (Å²) in [5, 5.41) is 5.27. The van der Waals surface area contributed by atoms with Gasteiger partial charge >= 0.3 is 5.97 Å². The first-order valence-corrected chi connectivity index (χ1v) is 10.6. The van der Waals surface area contributed by atoms with Crippen LogP contribution in [0.15, 0.2) is 53.9 Å². The van der Waals surface area contributed by atoms with Gasteiger partial charge in [-0.1, -0.05) is 42.0 Å². The van der Waals surface area contributed by atoms with Crippen molar-refractivity contribution >= 4 is 28.2 Å². The standard InChI is InChI=1S/C24H25NO4S/c1-16-11-12-17(2)19(14-16)20-15-30-23(22(20)24(27)28-3)25-21(26)10-7-13-29-18-8-5-4-6-9-18/h4-6,8-9,11-12,14-15H,7,10,13H2,1-3H3,(H,25,26). The Labute approximate surface area is 180 Å². The Bertz CT molecular complexity index is 1030. The number of nitrogens with one attached hydrogen (secondary N) is 1. The largest absolute Gasteiger partial charge is 0.494 e. The molecule has 156 valence electrons. The molecule has 0 unspecified atom stereocenters. The zero-order valence-corrected chi connectivity index (χ0v) is 18.2. The monoisotopic (exact) mass is 423 g/mol. The Morgan fingerprint density at radius 1 is 1.03 bits per heavy atom. The molecule has 1 N–H and O–H groups in total. The third kappa shape index (κ3) is 5.27. The van der Waals surface area contributed by atoms with Crippen molar-refractivity contribution in [2.45, 2.75) is 26.7 Å². The van der Waals surface area contributed by atoms with Gasteiger partial charge in [0.2, 0.25) is 5.91 Å². The van der Waals surface area contributed by atoms with E-state index in [0.29, 0.717) is 30.0 Å². The van der Waals surface area contributed by atoms with E-state index in [1.165, 1.54) is 18.4 Å². The molecule has 30 heavy (non-hydrogen) atoms. The van der Waals surface area contributed by atoms with Crippen LogP contribution >= 0.6 is 11.3 Å². The number of aryl methyl sites for hydroxylation is 2. The number of ether oxygens (including phenoxy) is 2. The minimum absolute atomic E-state index is 0.161. The maximum Gasteiger partial charge on any atom is 0.341 e. The van der Waals surface area contributed by atoms with Crippen LogP contribution in [-0.4, -0.2) is 25.6 Å². The molecular formula is C24H25NO4S. The van der Waals surface area contributed by atoms with Gasteiger partial charge in [0, 0.05) is 17.4 Å². The Balaban J connectivity index is 1.69. The van der Waals surface area contributed by atoms with Gasteiger partial charge in [0.15, 0.2) is 0 Å². The first-order chi connectivity index (χ1) is 14.5. The lowest BCUT2D eigenvalue weighted by molar-refractivity contribution is -0.116. The Hall–Kier alpha value is -3.12. The molecule has 0 saturated carbocycles. The lowest BCUT2D eigenvalue weighted by Gasteiger charge is -2.10. The smallest absolute Gasteiger partial charge is 0.341 e. The number of rotatable bonds is 8. The molecule has 0 radical (unpaired) electrons.